The first-order chi connectivity index (χ1) is 13.7. The van der Waals surface area contributed by atoms with E-state index in [1.54, 1.807) is 48.1 Å². The molecule has 0 atom stereocenters. The molecule has 4 N–H and O–H groups in total. The lowest BCUT2D eigenvalue weighted by Crippen LogP contribution is -2.42. The zero-order valence-corrected chi connectivity index (χ0v) is 17.3. The number of nitrogen functional groups attached to an aromatic ring is 1. The second-order valence-electron chi connectivity index (χ2n) is 8.03. The summed E-state index contributed by atoms with van der Waals surface area (Å²) in [4.78, 5) is 4.51. The summed E-state index contributed by atoms with van der Waals surface area (Å²) < 4.78 is 30.4. The Morgan fingerprint density at radius 2 is 2.00 bits per heavy atom. The van der Waals surface area contributed by atoms with Crippen molar-refractivity contribution in [1.29, 1.82) is 0 Å². The average Bonchev–Trinajstić information content (AvgIpc) is 3.09. The summed E-state index contributed by atoms with van der Waals surface area (Å²) in [5.74, 6) is 0. The van der Waals surface area contributed by atoms with E-state index in [2.05, 4.69) is 14.8 Å². The van der Waals surface area contributed by atoms with Crippen LogP contribution in [0.2, 0.25) is 0 Å². The van der Waals surface area contributed by atoms with Gasteiger partial charge in [0.05, 0.1) is 34.3 Å². The van der Waals surface area contributed by atoms with Gasteiger partial charge in [0, 0.05) is 11.6 Å². The fraction of sp³-hybridized carbons (Fsp3) is 0.400. The molecule has 0 amide bonds. The SMILES string of the molecule is Cc1ccc(S(=O)(=O)NC2CCC(C)(O)CC2)cc1-c1cnc2c(N)ccnn12. The third kappa shape index (κ3) is 3.85. The highest BCUT2D eigenvalue weighted by Gasteiger charge is 2.31. The van der Waals surface area contributed by atoms with Gasteiger partial charge in [-0.2, -0.15) is 5.10 Å². The summed E-state index contributed by atoms with van der Waals surface area (Å²) in [6, 6.07) is 6.52. The monoisotopic (exact) mass is 415 g/mol. The molecule has 0 radical (unpaired) electrons. The average molecular weight is 416 g/mol. The number of rotatable bonds is 4. The molecular weight excluding hydrogens is 390 g/mol. The first-order valence-corrected chi connectivity index (χ1v) is 11.1. The van der Waals surface area contributed by atoms with Crippen LogP contribution in [0, 0.1) is 6.92 Å². The number of nitrogens with two attached hydrogens (primary N) is 1. The highest BCUT2D eigenvalue weighted by Crippen LogP contribution is 2.30. The third-order valence-corrected chi connectivity index (χ3v) is 7.13. The smallest absolute Gasteiger partial charge is 0.240 e. The lowest BCUT2D eigenvalue weighted by atomic mass is 9.84. The van der Waals surface area contributed by atoms with E-state index < -0.39 is 15.6 Å². The molecule has 0 aliphatic heterocycles. The lowest BCUT2D eigenvalue weighted by molar-refractivity contribution is 0.0163. The number of sulfonamides is 1. The molecule has 2 aromatic heterocycles. The minimum absolute atomic E-state index is 0.178. The maximum Gasteiger partial charge on any atom is 0.240 e. The zero-order chi connectivity index (χ0) is 20.8. The fourth-order valence-electron chi connectivity index (χ4n) is 3.79. The summed E-state index contributed by atoms with van der Waals surface area (Å²) in [5.41, 5.74) is 8.59. The fourth-order valence-corrected chi connectivity index (χ4v) is 5.12. The maximum atomic E-state index is 13.0. The van der Waals surface area contributed by atoms with Crippen molar-refractivity contribution in [3.05, 3.63) is 42.2 Å². The minimum Gasteiger partial charge on any atom is -0.396 e. The molecule has 1 fully saturated rings. The number of nitrogens with one attached hydrogen (secondary N) is 1. The summed E-state index contributed by atoms with van der Waals surface area (Å²) in [5, 5.41) is 14.4. The van der Waals surface area contributed by atoms with E-state index in [9.17, 15) is 13.5 Å². The number of imidazole rings is 1. The molecule has 1 aliphatic rings. The molecule has 1 saturated carbocycles. The number of benzene rings is 1. The van der Waals surface area contributed by atoms with Gasteiger partial charge in [-0.1, -0.05) is 6.07 Å². The van der Waals surface area contributed by atoms with E-state index in [1.807, 2.05) is 6.92 Å². The predicted octanol–water partition coefficient (Wildman–Crippen LogP) is 2.26. The number of aromatic nitrogens is 3. The minimum atomic E-state index is -3.70. The second-order valence-corrected chi connectivity index (χ2v) is 9.75. The van der Waals surface area contributed by atoms with E-state index in [0.29, 0.717) is 42.7 Å². The van der Waals surface area contributed by atoms with Gasteiger partial charge < -0.3 is 10.8 Å². The van der Waals surface area contributed by atoms with Gasteiger partial charge in [-0.3, -0.25) is 0 Å². The van der Waals surface area contributed by atoms with E-state index in [1.165, 1.54) is 0 Å². The Labute approximate surface area is 169 Å². The van der Waals surface area contributed by atoms with E-state index in [-0.39, 0.29) is 10.9 Å². The number of aliphatic hydroxyl groups is 1. The van der Waals surface area contributed by atoms with Gasteiger partial charge >= 0.3 is 0 Å². The van der Waals surface area contributed by atoms with Crippen LogP contribution in [0.3, 0.4) is 0 Å². The van der Waals surface area contributed by atoms with Crippen LogP contribution in [0.15, 0.2) is 41.6 Å². The van der Waals surface area contributed by atoms with Crippen molar-refractivity contribution in [2.75, 3.05) is 5.73 Å². The molecule has 1 aromatic carbocycles. The first kappa shape index (κ1) is 19.8. The van der Waals surface area contributed by atoms with Crippen molar-refractivity contribution in [2.45, 2.75) is 56.1 Å². The third-order valence-electron chi connectivity index (χ3n) is 5.61. The standard InChI is InChI=1S/C20H25N5O3S/c1-13-3-4-15(29(27,28)24-14-5-8-20(2,26)9-6-14)11-16(13)18-12-22-19-17(21)7-10-23-25(18)19/h3-4,7,10-12,14,24,26H,5-6,8-9,21H2,1-2H3. The Kier molecular flexibility index (Phi) is 4.84. The van der Waals surface area contributed by atoms with Crippen LogP contribution in [0.1, 0.15) is 38.2 Å². The Morgan fingerprint density at radius 1 is 1.28 bits per heavy atom. The van der Waals surface area contributed by atoms with Crippen LogP contribution in [0.4, 0.5) is 5.69 Å². The Hall–Kier alpha value is -2.49. The van der Waals surface area contributed by atoms with Gasteiger partial charge in [-0.15, -0.1) is 0 Å². The Balaban J connectivity index is 1.67. The van der Waals surface area contributed by atoms with Crippen LogP contribution in [0.5, 0.6) is 0 Å². The lowest BCUT2D eigenvalue weighted by Gasteiger charge is -2.33. The second kappa shape index (κ2) is 7.08. The normalized spacial score (nSPS) is 22.8. The predicted molar refractivity (Wildman–Crippen MR) is 111 cm³/mol. The van der Waals surface area contributed by atoms with Crippen molar-refractivity contribution in [1.82, 2.24) is 19.3 Å². The molecule has 2 heterocycles. The molecule has 154 valence electrons. The number of aryl methyl sites for hydroxylation is 1. The molecule has 0 saturated heterocycles. The number of hydrogen-bond donors (Lipinski definition) is 3. The van der Waals surface area contributed by atoms with Crippen molar-refractivity contribution in [3.8, 4) is 11.3 Å². The molecule has 9 heteroatoms. The van der Waals surface area contributed by atoms with Gasteiger partial charge in [0.25, 0.3) is 0 Å². The summed E-state index contributed by atoms with van der Waals surface area (Å²) in [6.07, 6.45) is 5.61. The molecule has 4 rings (SSSR count). The Bertz CT molecular complexity index is 1160. The van der Waals surface area contributed by atoms with Gasteiger partial charge in [0.2, 0.25) is 10.0 Å². The van der Waals surface area contributed by atoms with Gasteiger partial charge in [0.15, 0.2) is 5.65 Å². The molecule has 0 unspecified atom stereocenters. The number of hydrogen-bond acceptors (Lipinski definition) is 6. The largest absolute Gasteiger partial charge is 0.396 e. The van der Waals surface area contributed by atoms with Crippen molar-refractivity contribution >= 4 is 21.4 Å². The molecule has 29 heavy (non-hydrogen) atoms. The van der Waals surface area contributed by atoms with Crippen molar-refractivity contribution in [3.63, 3.8) is 0 Å². The molecular formula is C20H25N5O3S. The molecule has 3 aromatic rings. The van der Waals surface area contributed by atoms with Gasteiger partial charge in [-0.05, 0) is 63.3 Å². The molecule has 1 aliphatic carbocycles. The van der Waals surface area contributed by atoms with E-state index in [0.717, 1.165) is 11.1 Å². The van der Waals surface area contributed by atoms with Crippen LogP contribution < -0.4 is 10.5 Å². The van der Waals surface area contributed by atoms with Crippen LogP contribution >= 0.6 is 0 Å². The topological polar surface area (TPSA) is 123 Å². The van der Waals surface area contributed by atoms with Crippen molar-refractivity contribution < 1.29 is 13.5 Å². The highest BCUT2D eigenvalue weighted by molar-refractivity contribution is 7.89. The van der Waals surface area contributed by atoms with Crippen LogP contribution in [-0.2, 0) is 10.0 Å². The summed E-state index contributed by atoms with van der Waals surface area (Å²) in [6.45, 7) is 3.70. The highest BCUT2D eigenvalue weighted by atomic mass is 32.2. The van der Waals surface area contributed by atoms with Gasteiger partial charge in [0.1, 0.15) is 0 Å². The summed E-state index contributed by atoms with van der Waals surface area (Å²) in [7, 11) is -3.70. The van der Waals surface area contributed by atoms with Crippen LogP contribution in [0.25, 0.3) is 16.9 Å². The molecule has 0 spiro atoms. The number of anilines is 1. The van der Waals surface area contributed by atoms with Crippen LogP contribution in [-0.4, -0.2) is 39.8 Å². The van der Waals surface area contributed by atoms with Crippen molar-refractivity contribution in [2.24, 2.45) is 0 Å². The first-order valence-electron chi connectivity index (χ1n) is 9.60. The summed E-state index contributed by atoms with van der Waals surface area (Å²) >= 11 is 0. The maximum absolute atomic E-state index is 13.0. The van der Waals surface area contributed by atoms with Gasteiger partial charge in [-0.25, -0.2) is 22.6 Å². The van der Waals surface area contributed by atoms with E-state index in [4.69, 9.17) is 5.73 Å². The Morgan fingerprint density at radius 3 is 2.72 bits per heavy atom. The quantitative estimate of drug-likeness (QED) is 0.601. The molecule has 0 bridgehead atoms. The molecule has 8 nitrogen and oxygen atoms in total. The number of nitrogens with zero attached hydrogens (tertiary/aromatic N) is 3. The number of fused-ring (bicyclic) bond motifs is 1. The zero-order valence-electron chi connectivity index (χ0n) is 16.5. The van der Waals surface area contributed by atoms with E-state index >= 15 is 0 Å².